The predicted molar refractivity (Wildman–Crippen MR) is 57.5 cm³/mol. The van der Waals surface area contributed by atoms with Crippen molar-refractivity contribution in [2.75, 3.05) is 13.1 Å². The van der Waals surface area contributed by atoms with E-state index in [1.807, 2.05) is 11.6 Å². The molecule has 0 spiro atoms. The smallest absolute Gasteiger partial charge is 0.121 e. The molecule has 1 atom stereocenters. The van der Waals surface area contributed by atoms with Gasteiger partial charge in [-0.3, -0.25) is 0 Å². The second-order valence-corrected chi connectivity index (χ2v) is 4.52. The normalized spacial score (nSPS) is 20.9. The predicted octanol–water partition coefficient (Wildman–Crippen LogP) is 1.97. The van der Waals surface area contributed by atoms with Crippen molar-refractivity contribution >= 4 is 11.3 Å². The van der Waals surface area contributed by atoms with Gasteiger partial charge in [-0.25, -0.2) is 4.98 Å². The van der Waals surface area contributed by atoms with Gasteiger partial charge in [-0.05, 0) is 32.9 Å². The largest absolute Gasteiger partial charge is 0.368 e. The molecule has 0 bridgehead atoms. The molecule has 0 aromatic carbocycles. The van der Waals surface area contributed by atoms with Gasteiger partial charge in [0, 0.05) is 11.6 Å². The number of piperidine rings is 1. The van der Waals surface area contributed by atoms with Crippen molar-refractivity contribution in [3.63, 3.8) is 0 Å². The van der Waals surface area contributed by atoms with Gasteiger partial charge in [0.25, 0.3) is 0 Å². The zero-order chi connectivity index (χ0) is 9.80. The third-order valence-corrected chi connectivity index (χ3v) is 3.42. The molecule has 0 radical (unpaired) electrons. The first-order chi connectivity index (χ1) is 6.86. The third kappa shape index (κ3) is 2.53. The van der Waals surface area contributed by atoms with Crippen LogP contribution in [-0.2, 0) is 4.74 Å². The molecule has 2 rings (SSSR count). The van der Waals surface area contributed by atoms with Gasteiger partial charge >= 0.3 is 0 Å². The number of aromatic nitrogens is 1. The topological polar surface area (TPSA) is 34.1 Å². The van der Waals surface area contributed by atoms with Crippen LogP contribution in [0.15, 0.2) is 11.6 Å². The second kappa shape index (κ2) is 4.87. The molecule has 0 saturated carbocycles. The van der Waals surface area contributed by atoms with E-state index in [0.717, 1.165) is 30.9 Å². The van der Waals surface area contributed by atoms with E-state index in [1.165, 1.54) is 0 Å². The van der Waals surface area contributed by atoms with Crippen molar-refractivity contribution in [2.45, 2.75) is 32.0 Å². The number of ether oxygens (including phenoxy) is 1. The Kier molecular flexibility index (Phi) is 3.50. The standard InChI is InChI=1S/C10H16N2OS/c1-8(10-12-6-7-14-10)13-9-2-4-11-5-3-9/h6-9,11H,2-5H2,1H3. The maximum absolute atomic E-state index is 5.94. The van der Waals surface area contributed by atoms with E-state index in [4.69, 9.17) is 4.74 Å². The summed E-state index contributed by atoms with van der Waals surface area (Å²) in [6.45, 7) is 4.24. The summed E-state index contributed by atoms with van der Waals surface area (Å²) in [7, 11) is 0. The van der Waals surface area contributed by atoms with Crippen LogP contribution in [0.5, 0.6) is 0 Å². The first-order valence-electron chi connectivity index (χ1n) is 5.12. The average Bonchev–Trinajstić information content (AvgIpc) is 2.72. The lowest BCUT2D eigenvalue weighted by Crippen LogP contribution is -2.32. The van der Waals surface area contributed by atoms with Crippen LogP contribution < -0.4 is 5.32 Å². The fourth-order valence-corrected chi connectivity index (χ4v) is 2.34. The number of thiazole rings is 1. The Balaban J connectivity index is 1.84. The van der Waals surface area contributed by atoms with Crippen LogP contribution >= 0.6 is 11.3 Å². The summed E-state index contributed by atoms with van der Waals surface area (Å²) in [5.41, 5.74) is 0. The Morgan fingerprint density at radius 2 is 2.36 bits per heavy atom. The fourth-order valence-electron chi connectivity index (χ4n) is 1.71. The minimum atomic E-state index is 0.151. The molecule has 1 fully saturated rings. The van der Waals surface area contributed by atoms with E-state index < -0.39 is 0 Å². The highest BCUT2D eigenvalue weighted by atomic mass is 32.1. The zero-order valence-corrected chi connectivity index (χ0v) is 9.22. The van der Waals surface area contributed by atoms with E-state index in [9.17, 15) is 0 Å². The van der Waals surface area contributed by atoms with E-state index in [1.54, 1.807) is 11.3 Å². The fraction of sp³-hybridized carbons (Fsp3) is 0.700. The third-order valence-electron chi connectivity index (χ3n) is 2.48. The Morgan fingerprint density at radius 3 is 3.00 bits per heavy atom. The molecule has 2 heterocycles. The van der Waals surface area contributed by atoms with Crippen molar-refractivity contribution in [1.29, 1.82) is 0 Å². The van der Waals surface area contributed by atoms with Gasteiger partial charge in [0.1, 0.15) is 11.1 Å². The van der Waals surface area contributed by atoms with Crippen LogP contribution in [0.25, 0.3) is 0 Å². The Hall–Kier alpha value is -0.450. The van der Waals surface area contributed by atoms with Gasteiger partial charge in [-0.1, -0.05) is 0 Å². The number of nitrogens with zero attached hydrogens (tertiary/aromatic N) is 1. The van der Waals surface area contributed by atoms with Crippen LogP contribution in [0.3, 0.4) is 0 Å². The summed E-state index contributed by atoms with van der Waals surface area (Å²) >= 11 is 1.67. The lowest BCUT2D eigenvalue weighted by Gasteiger charge is -2.25. The van der Waals surface area contributed by atoms with E-state index in [2.05, 4.69) is 17.2 Å². The summed E-state index contributed by atoms with van der Waals surface area (Å²) in [6, 6.07) is 0. The van der Waals surface area contributed by atoms with Gasteiger partial charge in [-0.2, -0.15) is 0 Å². The van der Waals surface area contributed by atoms with Crippen LogP contribution in [0, 0.1) is 0 Å². The summed E-state index contributed by atoms with van der Waals surface area (Å²) in [6.07, 6.45) is 4.64. The Bertz CT molecular complexity index is 257. The van der Waals surface area contributed by atoms with Gasteiger partial charge in [0.2, 0.25) is 0 Å². The number of rotatable bonds is 3. The van der Waals surface area contributed by atoms with E-state index >= 15 is 0 Å². The molecule has 0 amide bonds. The van der Waals surface area contributed by atoms with Gasteiger partial charge in [-0.15, -0.1) is 11.3 Å². The number of hydrogen-bond donors (Lipinski definition) is 1. The Morgan fingerprint density at radius 1 is 1.57 bits per heavy atom. The highest BCUT2D eigenvalue weighted by Gasteiger charge is 2.18. The quantitative estimate of drug-likeness (QED) is 0.832. The van der Waals surface area contributed by atoms with Gasteiger partial charge < -0.3 is 10.1 Å². The van der Waals surface area contributed by atoms with Gasteiger partial charge in [0.05, 0.1) is 6.10 Å². The molecule has 78 valence electrons. The molecular formula is C10H16N2OS. The number of hydrogen-bond acceptors (Lipinski definition) is 4. The first kappa shape index (κ1) is 10.1. The molecule has 4 heteroatoms. The number of nitrogens with one attached hydrogen (secondary N) is 1. The van der Waals surface area contributed by atoms with E-state index in [0.29, 0.717) is 6.10 Å². The summed E-state index contributed by atoms with van der Waals surface area (Å²) in [5, 5.41) is 6.41. The maximum Gasteiger partial charge on any atom is 0.121 e. The minimum absolute atomic E-state index is 0.151. The highest BCUT2D eigenvalue weighted by Crippen LogP contribution is 2.23. The molecule has 1 N–H and O–H groups in total. The van der Waals surface area contributed by atoms with Crippen LogP contribution in [0.4, 0.5) is 0 Å². The van der Waals surface area contributed by atoms with Crippen molar-refractivity contribution in [3.8, 4) is 0 Å². The molecule has 1 aliphatic heterocycles. The SMILES string of the molecule is CC(OC1CCNCC1)c1nccs1. The summed E-state index contributed by atoms with van der Waals surface area (Å²) in [4.78, 5) is 4.26. The highest BCUT2D eigenvalue weighted by molar-refractivity contribution is 7.09. The molecule has 0 aliphatic carbocycles. The lowest BCUT2D eigenvalue weighted by molar-refractivity contribution is -0.0187. The molecule has 3 nitrogen and oxygen atoms in total. The molecular weight excluding hydrogens is 196 g/mol. The second-order valence-electron chi connectivity index (χ2n) is 3.60. The molecule has 1 aliphatic rings. The zero-order valence-electron chi connectivity index (χ0n) is 8.40. The lowest BCUT2D eigenvalue weighted by atomic mass is 10.1. The summed E-state index contributed by atoms with van der Waals surface area (Å²) in [5.74, 6) is 0. The average molecular weight is 212 g/mol. The van der Waals surface area contributed by atoms with Crippen molar-refractivity contribution in [3.05, 3.63) is 16.6 Å². The van der Waals surface area contributed by atoms with Crippen LogP contribution in [-0.4, -0.2) is 24.2 Å². The molecule has 1 unspecified atom stereocenters. The molecule has 1 saturated heterocycles. The van der Waals surface area contributed by atoms with Crippen LogP contribution in [0.2, 0.25) is 0 Å². The van der Waals surface area contributed by atoms with Gasteiger partial charge in [0.15, 0.2) is 0 Å². The summed E-state index contributed by atoms with van der Waals surface area (Å²) < 4.78 is 5.94. The molecule has 1 aromatic rings. The monoisotopic (exact) mass is 212 g/mol. The maximum atomic E-state index is 5.94. The van der Waals surface area contributed by atoms with E-state index in [-0.39, 0.29) is 6.10 Å². The van der Waals surface area contributed by atoms with Crippen molar-refractivity contribution < 1.29 is 4.74 Å². The Labute approximate surface area is 88.5 Å². The van der Waals surface area contributed by atoms with Crippen molar-refractivity contribution in [2.24, 2.45) is 0 Å². The first-order valence-corrected chi connectivity index (χ1v) is 6.00. The minimum Gasteiger partial charge on any atom is -0.368 e. The molecule has 1 aromatic heterocycles. The van der Waals surface area contributed by atoms with Crippen LogP contribution in [0.1, 0.15) is 30.9 Å². The molecule has 14 heavy (non-hydrogen) atoms. The van der Waals surface area contributed by atoms with Crippen molar-refractivity contribution in [1.82, 2.24) is 10.3 Å².